The van der Waals surface area contributed by atoms with Gasteiger partial charge in [-0.15, -0.1) is 0 Å². The second-order valence-electron chi connectivity index (χ2n) is 4.03. The number of rotatable bonds is 1. The van der Waals surface area contributed by atoms with Gasteiger partial charge < -0.3 is 5.11 Å². The molecule has 1 N–H and O–H groups in total. The van der Waals surface area contributed by atoms with E-state index < -0.39 is 0 Å². The summed E-state index contributed by atoms with van der Waals surface area (Å²) in [6.07, 6.45) is 2.48. The molecule has 1 aliphatic rings. The number of hydrogen-bond acceptors (Lipinski definition) is 3. The van der Waals surface area contributed by atoms with Crippen LogP contribution in [0.25, 0.3) is 10.8 Å². The van der Waals surface area contributed by atoms with E-state index in [1.807, 2.05) is 6.07 Å². The second kappa shape index (κ2) is 3.70. The molecule has 4 nitrogen and oxygen atoms in total. The number of carbonyl (C=O) groups is 2. The summed E-state index contributed by atoms with van der Waals surface area (Å²) in [5.41, 5.74) is 0.489. The molecule has 88 valence electrons. The van der Waals surface area contributed by atoms with Crippen LogP contribution in [0.15, 0.2) is 48.6 Å². The zero-order chi connectivity index (χ0) is 12.7. The summed E-state index contributed by atoms with van der Waals surface area (Å²) in [6, 6.07) is 10.2. The van der Waals surface area contributed by atoms with Crippen LogP contribution in [0.1, 0.15) is 0 Å². The summed E-state index contributed by atoms with van der Waals surface area (Å²) >= 11 is 0. The third-order valence-electron chi connectivity index (χ3n) is 2.89. The van der Waals surface area contributed by atoms with E-state index in [-0.39, 0.29) is 17.6 Å². The minimum Gasteiger partial charge on any atom is -0.508 e. The molecule has 0 fully saturated rings. The smallest absolute Gasteiger partial charge is 0.258 e. The summed E-state index contributed by atoms with van der Waals surface area (Å²) in [4.78, 5) is 24.4. The first kappa shape index (κ1) is 10.5. The molecule has 2 aromatic carbocycles. The first-order valence-electron chi connectivity index (χ1n) is 5.45. The highest BCUT2D eigenvalue weighted by molar-refractivity contribution is 6.30. The van der Waals surface area contributed by atoms with Crippen molar-refractivity contribution in [3.63, 3.8) is 0 Å². The Bertz CT molecular complexity index is 685. The Morgan fingerprint density at radius 1 is 0.944 bits per heavy atom. The van der Waals surface area contributed by atoms with Gasteiger partial charge in [-0.1, -0.05) is 18.2 Å². The predicted octanol–water partition coefficient (Wildman–Crippen LogP) is 1.97. The van der Waals surface area contributed by atoms with Gasteiger partial charge in [0.05, 0.1) is 5.69 Å². The molecule has 0 saturated carbocycles. The van der Waals surface area contributed by atoms with E-state index in [2.05, 4.69) is 0 Å². The summed E-state index contributed by atoms with van der Waals surface area (Å²) in [7, 11) is 0. The highest BCUT2D eigenvalue weighted by atomic mass is 16.3. The van der Waals surface area contributed by atoms with Gasteiger partial charge in [0.1, 0.15) is 5.75 Å². The Kier molecular flexibility index (Phi) is 2.16. The van der Waals surface area contributed by atoms with Gasteiger partial charge in [-0.25, -0.2) is 4.90 Å². The average molecular weight is 239 g/mol. The first-order valence-corrected chi connectivity index (χ1v) is 5.45. The predicted molar refractivity (Wildman–Crippen MR) is 67.2 cm³/mol. The van der Waals surface area contributed by atoms with Crippen molar-refractivity contribution >= 4 is 28.3 Å². The molecule has 3 rings (SSSR count). The van der Waals surface area contributed by atoms with Crippen molar-refractivity contribution < 1.29 is 14.7 Å². The normalized spacial score (nSPS) is 14.8. The number of amides is 2. The highest BCUT2D eigenvalue weighted by Crippen LogP contribution is 2.31. The molecule has 2 aromatic rings. The van der Waals surface area contributed by atoms with Gasteiger partial charge in [0.25, 0.3) is 11.8 Å². The van der Waals surface area contributed by atoms with E-state index in [9.17, 15) is 14.7 Å². The topological polar surface area (TPSA) is 57.6 Å². The molecule has 18 heavy (non-hydrogen) atoms. The van der Waals surface area contributed by atoms with Gasteiger partial charge in [-0.3, -0.25) is 9.59 Å². The van der Waals surface area contributed by atoms with Crippen LogP contribution in [-0.2, 0) is 9.59 Å². The summed E-state index contributed by atoms with van der Waals surface area (Å²) in [5.74, 6) is -0.631. The maximum Gasteiger partial charge on any atom is 0.258 e. The number of aromatic hydroxyl groups is 1. The molecule has 4 heteroatoms. The Morgan fingerprint density at radius 2 is 1.67 bits per heavy atom. The van der Waals surface area contributed by atoms with E-state index in [1.165, 1.54) is 12.2 Å². The fourth-order valence-electron chi connectivity index (χ4n) is 2.08. The van der Waals surface area contributed by atoms with Gasteiger partial charge in [-0.2, -0.15) is 0 Å². The zero-order valence-corrected chi connectivity index (χ0v) is 9.33. The van der Waals surface area contributed by atoms with Crippen LogP contribution in [0.5, 0.6) is 5.75 Å². The number of nitrogens with zero attached hydrogens (tertiary/aromatic N) is 1. The largest absolute Gasteiger partial charge is 0.508 e. The molecule has 0 aromatic heterocycles. The van der Waals surface area contributed by atoms with Crippen molar-refractivity contribution in [1.29, 1.82) is 0 Å². The molecule has 1 heterocycles. The van der Waals surface area contributed by atoms with Crippen LogP contribution >= 0.6 is 0 Å². The molecular formula is C14H9NO3. The number of imide groups is 1. The molecule has 0 radical (unpaired) electrons. The quantitative estimate of drug-likeness (QED) is 0.774. The van der Waals surface area contributed by atoms with Crippen LogP contribution in [0.2, 0.25) is 0 Å². The van der Waals surface area contributed by atoms with Crippen LogP contribution in [0.4, 0.5) is 5.69 Å². The number of fused-ring (bicyclic) bond motifs is 1. The third-order valence-corrected chi connectivity index (χ3v) is 2.89. The van der Waals surface area contributed by atoms with Gasteiger partial charge >= 0.3 is 0 Å². The van der Waals surface area contributed by atoms with Crippen molar-refractivity contribution in [3.8, 4) is 5.75 Å². The maximum atomic E-state index is 11.7. The van der Waals surface area contributed by atoms with E-state index in [0.717, 1.165) is 10.3 Å². The van der Waals surface area contributed by atoms with Crippen molar-refractivity contribution in [3.05, 3.63) is 48.6 Å². The lowest BCUT2D eigenvalue weighted by atomic mass is 10.1. The number of benzene rings is 2. The van der Waals surface area contributed by atoms with Gasteiger partial charge in [0.2, 0.25) is 0 Å². The van der Waals surface area contributed by atoms with E-state index in [0.29, 0.717) is 11.1 Å². The lowest BCUT2D eigenvalue weighted by molar-refractivity contribution is -0.119. The molecule has 0 unspecified atom stereocenters. The molecule has 0 aliphatic carbocycles. The van der Waals surface area contributed by atoms with E-state index in [1.54, 1.807) is 30.3 Å². The van der Waals surface area contributed by atoms with Gasteiger partial charge in [-0.05, 0) is 23.6 Å². The minimum atomic E-state index is -0.365. The lowest BCUT2D eigenvalue weighted by Crippen LogP contribution is -2.29. The summed E-state index contributed by atoms with van der Waals surface area (Å²) < 4.78 is 0. The Morgan fingerprint density at radius 3 is 2.39 bits per heavy atom. The minimum absolute atomic E-state index is 0.0991. The van der Waals surface area contributed by atoms with E-state index >= 15 is 0 Å². The highest BCUT2D eigenvalue weighted by Gasteiger charge is 2.26. The monoisotopic (exact) mass is 239 g/mol. The van der Waals surface area contributed by atoms with Crippen molar-refractivity contribution in [2.45, 2.75) is 0 Å². The zero-order valence-electron chi connectivity index (χ0n) is 9.33. The first-order chi connectivity index (χ1) is 8.66. The number of phenols is 1. The Balaban J connectivity index is 2.26. The van der Waals surface area contributed by atoms with Gasteiger partial charge in [0.15, 0.2) is 0 Å². The SMILES string of the molecule is O=C1C=CC(=O)N1c1cccc2ccc(O)cc12. The van der Waals surface area contributed by atoms with E-state index in [4.69, 9.17) is 0 Å². The van der Waals surface area contributed by atoms with Crippen LogP contribution in [-0.4, -0.2) is 16.9 Å². The Labute approximate surface area is 103 Å². The van der Waals surface area contributed by atoms with Crippen LogP contribution < -0.4 is 4.90 Å². The molecular weight excluding hydrogens is 230 g/mol. The molecule has 0 spiro atoms. The summed E-state index contributed by atoms with van der Waals surface area (Å²) in [6.45, 7) is 0. The maximum absolute atomic E-state index is 11.7. The standard InChI is InChI=1S/C14H9NO3/c16-10-5-4-9-2-1-3-12(11(9)8-10)15-13(17)6-7-14(15)18/h1-8,16H. The van der Waals surface area contributed by atoms with Gasteiger partial charge in [0, 0.05) is 17.5 Å². The summed E-state index contributed by atoms with van der Waals surface area (Å²) in [5, 5.41) is 11.1. The molecule has 0 bridgehead atoms. The average Bonchev–Trinajstić information content (AvgIpc) is 2.68. The lowest BCUT2D eigenvalue weighted by Gasteiger charge is -2.16. The number of phenolic OH excluding ortho intramolecular Hbond substituents is 1. The number of anilines is 1. The third kappa shape index (κ3) is 1.47. The second-order valence-corrected chi connectivity index (χ2v) is 4.03. The molecule has 1 aliphatic heterocycles. The van der Waals surface area contributed by atoms with Crippen LogP contribution in [0.3, 0.4) is 0 Å². The molecule has 2 amide bonds. The van der Waals surface area contributed by atoms with Crippen LogP contribution in [0, 0.1) is 0 Å². The van der Waals surface area contributed by atoms with Crippen molar-refractivity contribution in [2.24, 2.45) is 0 Å². The Hall–Kier alpha value is -2.62. The molecule has 0 atom stereocenters. The van der Waals surface area contributed by atoms with Crippen molar-refractivity contribution in [1.82, 2.24) is 0 Å². The fourth-order valence-corrected chi connectivity index (χ4v) is 2.08. The number of hydrogen-bond donors (Lipinski definition) is 1. The van der Waals surface area contributed by atoms with Crippen molar-refractivity contribution in [2.75, 3.05) is 4.90 Å². The molecule has 0 saturated heterocycles. The fraction of sp³-hybridized carbons (Fsp3) is 0. The number of carbonyl (C=O) groups excluding carboxylic acids is 2.